The fourth-order valence-corrected chi connectivity index (χ4v) is 2.49. The van der Waals surface area contributed by atoms with Gasteiger partial charge < -0.3 is 10.1 Å². The molecule has 0 aliphatic carbocycles. The van der Waals surface area contributed by atoms with E-state index < -0.39 is 6.43 Å². The van der Waals surface area contributed by atoms with Crippen LogP contribution in [0.5, 0.6) is 0 Å². The Morgan fingerprint density at radius 1 is 1.47 bits per heavy atom. The van der Waals surface area contributed by atoms with Crippen LogP contribution in [-0.4, -0.2) is 56.1 Å². The third-order valence-electron chi connectivity index (χ3n) is 3.79. The van der Waals surface area contributed by atoms with Crippen molar-refractivity contribution in [3.05, 3.63) is 0 Å². The molecule has 0 amide bonds. The summed E-state index contributed by atoms with van der Waals surface area (Å²) in [6.07, 6.45) is -0.836. The van der Waals surface area contributed by atoms with Gasteiger partial charge in [-0.05, 0) is 19.8 Å². The van der Waals surface area contributed by atoms with Gasteiger partial charge >= 0.3 is 5.97 Å². The zero-order valence-electron chi connectivity index (χ0n) is 11.9. The van der Waals surface area contributed by atoms with E-state index in [-0.39, 0.29) is 24.5 Å². The molecule has 0 radical (unpaired) electrons. The number of hydrogen-bond acceptors (Lipinski definition) is 4. The van der Waals surface area contributed by atoms with E-state index in [1.54, 1.807) is 0 Å². The second-order valence-corrected chi connectivity index (χ2v) is 5.16. The van der Waals surface area contributed by atoms with E-state index in [4.69, 9.17) is 4.74 Å². The van der Waals surface area contributed by atoms with Gasteiger partial charge in [0.05, 0.1) is 19.6 Å². The highest BCUT2D eigenvalue weighted by atomic mass is 19.3. The first-order valence-corrected chi connectivity index (χ1v) is 6.81. The second-order valence-electron chi connectivity index (χ2n) is 5.16. The highest BCUT2D eigenvalue weighted by Gasteiger charge is 2.33. The first-order valence-electron chi connectivity index (χ1n) is 6.81. The van der Waals surface area contributed by atoms with Gasteiger partial charge in [-0.1, -0.05) is 6.92 Å². The molecule has 0 spiro atoms. The highest BCUT2D eigenvalue weighted by Crippen LogP contribution is 2.21. The predicted molar refractivity (Wildman–Crippen MR) is 69.2 cm³/mol. The molecular weight excluding hydrogens is 254 g/mol. The molecule has 0 bridgehead atoms. The minimum atomic E-state index is -2.37. The Kier molecular flexibility index (Phi) is 6.65. The molecule has 6 heteroatoms. The van der Waals surface area contributed by atoms with Crippen molar-refractivity contribution >= 4 is 5.97 Å². The van der Waals surface area contributed by atoms with Crippen LogP contribution in [-0.2, 0) is 9.53 Å². The largest absolute Gasteiger partial charge is 0.469 e. The molecular formula is C13H24F2N2O2. The number of piperidine rings is 1. The van der Waals surface area contributed by atoms with E-state index in [0.29, 0.717) is 25.6 Å². The third kappa shape index (κ3) is 5.03. The van der Waals surface area contributed by atoms with Crippen LogP contribution in [0.25, 0.3) is 0 Å². The summed E-state index contributed by atoms with van der Waals surface area (Å²) in [4.78, 5) is 13.9. The number of carbonyl (C=O) groups excluding carboxylic acids is 1. The van der Waals surface area contributed by atoms with E-state index in [2.05, 4.69) is 24.1 Å². The van der Waals surface area contributed by atoms with Crippen molar-refractivity contribution in [3.8, 4) is 0 Å². The molecule has 1 fully saturated rings. The van der Waals surface area contributed by atoms with Crippen molar-refractivity contribution in [3.63, 3.8) is 0 Å². The van der Waals surface area contributed by atoms with Crippen LogP contribution in [0.3, 0.4) is 0 Å². The highest BCUT2D eigenvalue weighted by molar-refractivity contribution is 5.72. The Morgan fingerprint density at radius 2 is 2.16 bits per heavy atom. The lowest BCUT2D eigenvalue weighted by molar-refractivity contribution is -0.148. The number of hydrogen-bond donors (Lipinski definition) is 1. The number of halogens is 2. The van der Waals surface area contributed by atoms with Gasteiger partial charge in [0, 0.05) is 25.2 Å². The van der Waals surface area contributed by atoms with Gasteiger partial charge in [-0.25, -0.2) is 8.78 Å². The van der Waals surface area contributed by atoms with Crippen molar-refractivity contribution in [1.29, 1.82) is 0 Å². The summed E-state index contributed by atoms with van der Waals surface area (Å²) in [6, 6.07) is 0.254. The Bertz CT molecular complexity index is 290. The van der Waals surface area contributed by atoms with Crippen molar-refractivity contribution < 1.29 is 18.3 Å². The van der Waals surface area contributed by atoms with Crippen molar-refractivity contribution in [2.45, 2.75) is 45.2 Å². The summed E-state index contributed by atoms with van der Waals surface area (Å²) in [6.45, 7) is 5.19. The number of alkyl halides is 2. The van der Waals surface area contributed by atoms with E-state index in [1.807, 2.05) is 0 Å². The molecule has 1 aliphatic heterocycles. The van der Waals surface area contributed by atoms with Gasteiger partial charge in [-0.2, -0.15) is 0 Å². The monoisotopic (exact) mass is 278 g/mol. The SMILES string of the molecule is CCC(C)N1CC(NCC(F)F)CC(C(=O)OC)C1. The lowest BCUT2D eigenvalue weighted by Crippen LogP contribution is -2.54. The summed E-state index contributed by atoms with van der Waals surface area (Å²) >= 11 is 0. The normalized spacial score (nSPS) is 26.4. The van der Waals surface area contributed by atoms with Crippen LogP contribution in [0.4, 0.5) is 8.78 Å². The molecule has 1 N–H and O–H groups in total. The Morgan fingerprint density at radius 3 is 2.68 bits per heavy atom. The topological polar surface area (TPSA) is 41.6 Å². The smallest absolute Gasteiger partial charge is 0.310 e. The molecule has 19 heavy (non-hydrogen) atoms. The van der Waals surface area contributed by atoms with Crippen LogP contribution in [0, 0.1) is 5.92 Å². The predicted octanol–water partition coefficient (Wildman–Crippen LogP) is 1.50. The molecule has 1 saturated heterocycles. The molecule has 4 nitrogen and oxygen atoms in total. The Hall–Kier alpha value is -0.750. The maximum absolute atomic E-state index is 12.3. The number of ether oxygens (including phenoxy) is 1. The van der Waals surface area contributed by atoms with Crippen LogP contribution >= 0.6 is 0 Å². The molecule has 0 aromatic carbocycles. The van der Waals surface area contributed by atoms with Gasteiger partial charge in [0.2, 0.25) is 0 Å². The van der Waals surface area contributed by atoms with Crippen LogP contribution < -0.4 is 5.32 Å². The lowest BCUT2D eigenvalue weighted by atomic mass is 9.92. The second kappa shape index (κ2) is 7.75. The average molecular weight is 278 g/mol. The molecule has 0 aromatic heterocycles. The van der Waals surface area contributed by atoms with Gasteiger partial charge in [0.1, 0.15) is 0 Å². The van der Waals surface area contributed by atoms with E-state index in [0.717, 1.165) is 6.42 Å². The minimum Gasteiger partial charge on any atom is -0.469 e. The van der Waals surface area contributed by atoms with E-state index >= 15 is 0 Å². The summed E-state index contributed by atoms with van der Waals surface area (Å²) in [5, 5.41) is 2.84. The fourth-order valence-electron chi connectivity index (χ4n) is 2.49. The molecule has 0 aromatic rings. The van der Waals surface area contributed by atoms with Crippen LogP contribution in [0.2, 0.25) is 0 Å². The quantitative estimate of drug-likeness (QED) is 0.748. The number of methoxy groups -OCH3 is 1. The van der Waals surface area contributed by atoms with Gasteiger partial charge in [0.15, 0.2) is 0 Å². The molecule has 3 atom stereocenters. The number of carbonyl (C=O) groups is 1. The summed E-state index contributed by atoms with van der Waals surface area (Å²) in [5.41, 5.74) is 0. The molecule has 112 valence electrons. The van der Waals surface area contributed by atoms with Crippen molar-refractivity contribution in [2.24, 2.45) is 5.92 Å². The van der Waals surface area contributed by atoms with E-state index in [1.165, 1.54) is 7.11 Å². The zero-order chi connectivity index (χ0) is 14.4. The van der Waals surface area contributed by atoms with Crippen molar-refractivity contribution in [2.75, 3.05) is 26.7 Å². The summed E-state index contributed by atoms with van der Waals surface area (Å²) in [5.74, 6) is -0.486. The van der Waals surface area contributed by atoms with E-state index in [9.17, 15) is 13.6 Å². The standard InChI is InChI=1S/C13H24F2N2O2/c1-4-9(2)17-7-10(13(18)19-3)5-11(8-17)16-6-12(14)15/h9-12,16H,4-8H2,1-3H3. The molecule has 1 aliphatic rings. The minimum absolute atomic E-state index is 0.0825. The summed E-state index contributed by atoms with van der Waals surface area (Å²) in [7, 11) is 1.37. The van der Waals surface area contributed by atoms with Crippen LogP contribution in [0.15, 0.2) is 0 Å². The fraction of sp³-hybridized carbons (Fsp3) is 0.923. The molecule has 3 unspecified atom stereocenters. The Balaban J connectivity index is 2.63. The maximum Gasteiger partial charge on any atom is 0.310 e. The number of esters is 1. The lowest BCUT2D eigenvalue weighted by Gasteiger charge is -2.40. The molecule has 1 heterocycles. The number of nitrogens with zero attached hydrogens (tertiary/aromatic N) is 1. The summed E-state index contributed by atoms with van der Waals surface area (Å²) < 4.78 is 29.3. The zero-order valence-corrected chi connectivity index (χ0v) is 11.9. The molecule has 0 saturated carbocycles. The Labute approximate surface area is 113 Å². The maximum atomic E-state index is 12.3. The van der Waals surface area contributed by atoms with Gasteiger partial charge in [-0.3, -0.25) is 9.69 Å². The van der Waals surface area contributed by atoms with Gasteiger partial charge in [-0.15, -0.1) is 0 Å². The first-order chi connectivity index (χ1) is 8.97. The average Bonchev–Trinajstić information content (AvgIpc) is 2.42. The number of rotatable bonds is 6. The number of likely N-dealkylation sites (tertiary alicyclic amines) is 1. The first kappa shape index (κ1) is 16.3. The van der Waals surface area contributed by atoms with Crippen LogP contribution in [0.1, 0.15) is 26.7 Å². The van der Waals surface area contributed by atoms with Gasteiger partial charge in [0.25, 0.3) is 6.43 Å². The third-order valence-corrected chi connectivity index (χ3v) is 3.79. The number of nitrogens with one attached hydrogen (secondary N) is 1. The molecule has 1 rings (SSSR count). The van der Waals surface area contributed by atoms with Crippen molar-refractivity contribution in [1.82, 2.24) is 10.2 Å².